The number of aromatic nitrogens is 3. The first-order valence-electron chi connectivity index (χ1n) is 7.38. The number of halogens is 1. The SMILES string of the molecule is CCOc1ccc(C=Nn2c(-c3cccc(Cl)c3)n[nH]c2=S)cc1. The molecule has 0 saturated carbocycles. The number of hydrogen-bond donors (Lipinski definition) is 1. The van der Waals surface area contributed by atoms with Gasteiger partial charge < -0.3 is 4.74 Å². The molecule has 0 aliphatic rings. The first kappa shape index (κ1) is 16.4. The molecular formula is C17H15ClN4OS. The second-order valence-electron chi connectivity index (χ2n) is 4.92. The third kappa shape index (κ3) is 3.72. The van der Waals surface area contributed by atoms with Gasteiger partial charge in [-0.3, -0.25) is 0 Å². The summed E-state index contributed by atoms with van der Waals surface area (Å²) in [7, 11) is 0. The van der Waals surface area contributed by atoms with E-state index in [1.807, 2.05) is 49.4 Å². The molecule has 5 nitrogen and oxygen atoms in total. The molecule has 0 saturated heterocycles. The van der Waals surface area contributed by atoms with Crippen molar-refractivity contribution in [2.75, 3.05) is 6.61 Å². The summed E-state index contributed by atoms with van der Waals surface area (Å²) in [4.78, 5) is 0. The average Bonchev–Trinajstić information content (AvgIpc) is 2.95. The fourth-order valence-electron chi connectivity index (χ4n) is 2.15. The lowest BCUT2D eigenvalue weighted by atomic mass is 10.2. The van der Waals surface area contributed by atoms with Crippen molar-refractivity contribution in [2.45, 2.75) is 6.92 Å². The molecule has 0 radical (unpaired) electrons. The molecule has 1 N–H and O–H groups in total. The highest BCUT2D eigenvalue weighted by Gasteiger charge is 2.08. The zero-order valence-electron chi connectivity index (χ0n) is 12.9. The summed E-state index contributed by atoms with van der Waals surface area (Å²) in [6.45, 7) is 2.59. The molecule has 0 aliphatic carbocycles. The molecule has 3 aromatic rings. The molecule has 0 unspecified atom stereocenters. The van der Waals surface area contributed by atoms with Gasteiger partial charge in [-0.05, 0) is 61.1 Å². The van der Waals surface area contributed by atoms with Crippen LogP contribution in [0.1, 0.15) is 12.5 Å². The van der Waals surface area contributed by atoms with E-state index in [9.17, 15) is 0 Å². The van der Waals surface area contributed by atoms with Crippen molar-refractivity contribution < 1.29 is 4.74 Å². The molecule has 24 heavy (non-hydrogen) atoms. The Kier molecular flexibility index (Phi) is 5.08. The summed E-state index contributed by atoms with van der Waals surface area (Å²) in [6.07, 6.45) is 1.72. The van der Waals surface area contributed by atoms with Gasteiger partial charge in [-0.15, -0.1) is 0 Å². The minimum absolute atomic E-state index is 0.409. The van der Waals surface area contributed by atoms with Gasteiger partial charge in [0.15, 0.2) is 5.82 Å². The summed E-state index contributed by atoms with van der Waals surface area (Å²) in [5.41, 5.74) is 1.76. The Morgan fingerprint density at radius 2 is 2.08 bits per heavy atom. The highest BCUT2D eigenvalue weighted by atomic mass is 35.5. The Morgan fingerprint density at radius 3 is 2.79 bits per heavy atom. The maximum Gasteiger partial charge on any atom is 0.216 e. The third-order valence-electron chi connectivity index (χ3n) is 3.25. The quantitative estimate of drug-likeness (QED) is 0.538. The second kappa shape index (κ2) is 7.42. The normalized spacial score (nSPS) is 11.1. The van der Waals surface area contributed by atoms with E-state index in [1.165, 1.54) is 0 Å². The Morgan fingerprint density at radius 1 is 1.29 bits per heavy atom. The van der Waals surface area contributed by atoms with Crippen molar-refractivity contribution in [2.24, 2.45) is 5.10 Å². The molecular weight excluding hydrogens is 344 g/mol. The summed E-state index contributed by atoms with van der Waals surface area (Å²) in [6, 6.07) is 15.0. The van der Waals surface area contributed by atoms with Gasteiger partial charge in [-0.25, -0.2) is 5.10 Å². The van der Waals surface area contributed by atoms with Crippen LogP contribution in [0.5, 0.6) is 5.75 Å². The Bertz CT molecular complexity index is 915. The number of hydrogen-bond acceptors (Lipinski definition) is 4. The number of aromatic amines is 1. The van der Waals surface area contributed by atoms with Crippen molar-refractivity contribution in [1.82, 2.24) is 14.9 Å². The van der Waals surface area contributed by atoms with Crippen LogP contribution >= 0.6 is 23.8 Å². The van der Waals surface area contributed by atoms with E-state index in [0.29, 0.717) is 22.2 Å². The predicted molar refractivity (Wildman–Crippen MR) is 98.5 cm³/mol. The van der Waals surface area contributed by atoms with Crippen molar-refractivity contribution in [1.29, 1.82) is 0 Å². The van der Waals surface area contributed by atoms with E-state index in [4.69, 9.17) is 28.6 Å². The zero-order valence-corrected chi connectivity index (χ0v) is 14.5. The lowest BCUT2D eigenvalue weighted by Crippen LogP contribution is -1.95. The number of nitrogens with zero attached hydrogens (tertiary/aromatic N) is 3. The molecule has 7 heteroatoms. The van der Waals surface area contributed by atoms with Gasteiger partial charge in [-0.1, -0.05) is 23.7 Å². The van der Waals surface area contributed by atoms with Gasteiger partial charge in [0, 0.05) is 10.6 Å². The summed E-state index contributed by atoms with van der Waals surface area (Å²) >= 11 is 11.3. The Balaban J connectivity index is 1.90. The van der Waals surface area contributed by atoms with Crippen LogP contribution in [0.3, 0.4) is 0 Å². The largest absolute Gasteiger partial charge is 0.494 e. The molecule has 0 aliphatic heterocycles. The molecule has 0 spiro atoms. The van der Waals surface area contributed by atoms with Crippen LogP contribution in [0.15, 0.2) is 53.6 Å². The highest BCUT2D eigenvalue weighted by molar-refractivity contribution is 7.71. The molecule has 1 heterocycles. The number of ether oxygens (including phenoxy) is 1. The predicted octanol–water partition coefficient (Wildman–Crippen LogP) is 4.54. The van der Waals surface area contributed by atoms with E-state index in [-0.39, 0.29) is 0 Å². The number of nitrogens with one attached hydrogen (secondary N) is 1. The van der Waals surface area contributed by atoms with Gasteiger partial charge in [-0.2, -0.15) is 14.9 Å². The van der Waals surface area contributed by atoms with Gasteiger partial charge in [0.25, 0.3) is 0 Å². The number of benzene rings is 2. The minimum Gasteiger partial charge on any atom is -0.494 e. The van der Waals surface area contributed by atoms with E-state index in [2.05, 4.69) is 15.3 Å². The fraction of sp³-hybridized carbons (Fsp3) is 0.118. The van der Waals surface area contributed by atoms with E-state index in [1.54, 1.807) is 17.0 Å². The third-order valence-corrected chi connectivity index (χ3v) is 3.75. The van der Waals surface area contributed by atoms with Crippen LogP contribution in [0.4, 0.5) is 0 Å². The molecule has 1 aromatic heterocycles. The van der Waals surface area contributed by atoms with Crippen LogP contribution < -0.4 is 4.74 Å². The minimum atomic E-state index is 0.409. The summed E-state index contributed by atoms with van der Waals surface area (Å²) < 4.78 is 7.40. The molecule has 0 bridgehead atoms. The average molecular weight is 359 g/mol. The van der Waals surface area contributed by atoms with Gasteiger partial charge in [0.2, 0.25) is 4.77 Å². The molecule has 2 aromatic carbocycles. The second-order valence-corrected chi connectivity index (χ2v) is 5.74. The molecule has 0 amide bonds. The first-order chi connectivity index (χ1) is 11.7. The lowest BCUT2D eigenvalue weighted by molar-refractivity contribution is 0.340. The monoisotopic (exact) mass is 358 g/mol. The van der Waals surface area contributed by atoms with Crippen LogP contribution in [-0.4, -0.2) is 27.7 Å². The molecule has 0 atom stereocenters. The van der Waals surface area contributed by atoms with Crippen LogP contribution in [0.2, 0.25) is 5.02 Å². The van der Waals surface area contributed by atoms with Crippen LogP contribution in [0.25, 0.3) is 11.4 Å². The lowest BCUT2D eigenvalue weighted by Gasteiger charge is -2.03. The van der Waals surface area contributed by atoms with Gasteiger partial charge in [0.1, 0.15) is 5.75 Å². The standard InChI is InChI=1S/C17H15ClN4OS/c1-2-23-15-8-6-12(7-9-15)11-19-22-16(20-21-17(22)24)13-4-3-5-14(18)10-13/h3-11H,2H2,1H3,(H,21,24). The smallest absolute Gasteiger partial charge is 0.216 e. The van der Waals surface area contributed by atoms with Crippen LogP contribution in [-0.2, 0) is 0 Å². The van der Waals surface area contributed by atoms with Gasteiger partial charge in [0.05, 0.1) is 12.8 Å². The molecule has 3 rings (SSSR count). The van der Waals surface area contributed by atoms with Crippen LogP contribution in [0, 0.1) is 4.77 Å². The van der Waals surface area contributed by atoms with Gasteiger partial charge >= 0.3 is 0 Å². The van der Waals surface area contributed by atoms with E-state index >= 15 is 0 Å². The number of rotatable bonds is 5. The fourth-order valence-corrected chi connectivity index (χ4v) is 2.52. The summed E-state index contributed by atoms with van der Waals surface area (Å²) in [5.74, 6) is 1.43. The van der Waals surface area contributed by atoms with Crippen molar-refractivity contribution in [3.05, 3.63) is 63.9 Å². The van der Waals surface area contributed by atoms with Crippen molar-refractivity contribution in [3.63, 3.8) is 0 Å². The first-order valence-corrected chi connectivity index (χ1v) is 8.16. The highest BCUT2D eigenvalue weighted by Crippen LogP contribution is 2.21. The molecule has 122 valence electrons. The number of H-pyrrole nitrogens is 1. The van der Waals surface area contributed by atoms with Crippen molar-refractivity contribution >= 4 is 30.0 Å². The zero-order chi connectivity index (χ0) is 16.9. The Labute approximate surface area is 149 Å². The maximum absolute atomic E-state index is 6.04. The Hall–Kier alpha value is -2.44. The van der Waals surface area contributed by atoms with E-state index in [0.717, 1.165) is 16.9 Å². The molecule has 0 fully saturated rings. The summed E-state index contributed by atoms with van der Waals surface area (Å²) in [5, 5.41) is 12.0. The van der Waals surface area contributed by atoms with Crippen molar-refractivity contribution in [3.8, 4) is 17.1 Å². The maximum atomic E-state index is 6.04. The topological polar surface area (TPSA) is 55.2 Å². The van der Waals surface area contributed by atoms with E-state index < -0.39 is 0 Å².